The molecule has 10 heteroatoms. The molecule has 2 aromatic carbocycles. The average molecular weight is 407 g/mol. The van der Waals surface area contributed by atoms with E-state index < -0.39 is 11.7 Å². The Balaban J connectivity index is 1.59. The monoisotopic (exact) mass is 407 g/mol. The van der Waals surface area contributed by atoms with Gasteiger partial charge in [0, 0.05) is 11.9 Å². The molecule has 0 bridgehead atoms. The molecule has 0 saturated carbocycles. The average Bonchev–Trinajstić information content (AvgIpc) is 3.39. The number of halogens is 1. The Morgan fingerprint density at radius 1 is 1.10 bits per heavy atom. The predicted octanol–water partition coefficient (Wildman–Crippen LogP) is 2.86. The second-order valence-corrected chi connectivity index (χ2v) is 6.58. The topological polar surface area (TPSA) is 99.8 Å². The Bertz CT molecular complexity index is 1230. The predicted molar refractivity (Wildman–Crippen MR) is 107 cm³/mol. The molecule has 30 heavy (non-hydrogen) atoms. The standard InChI is InChI=1S/C20H18FN7O2/c1-12-4-7-19(30-3)18(10-12)27-9-8-16(24-27)20(29)22-14-5-6-15(21)17(11-14)28-13(2)23-25-26-28/h4-11H,1-3H3,(H,22,29). The molecule has 1 amide bonds. The molecule has 2 heterocycles. The fraction of sp³-hybridized carbons (Fsp3) is 0.150. The lowest BCUT2D eigenvalue weighted by Crippen LogP contribution is -2.14. The van der Waals surface area contributed by atoms with E-state index in [1.807, 2.05) is 25.1 Å². The molecule has 4 rings (SSSR count). The van der Waals surface area contributed by atoms with Crippen LogP contribution in [0.25, 0.3) is 11.4 Å². The number of amides is 1. The Labute approximate surface area is 171 Å². The van der Waals surface area contributed by atoms with Gasteiger partial charge in [0.1, 0.15) is 22.9 Å². The van der Waals surface area contributed by atoms with Gasteiger partial charge in [0.05, 0.1) is 7.11 Å². The largest absolute Gasteiger partial charge is 0.494 e. The summed E-state index contributed by atoms with van der Waals surface area (Å²) in [5, 5.41) is 18.1. The third kappa shape index (κ3) is 3.62. The van der Waals surface area contributed by atoms with Crippen molar-refractivity contribution in [1.29, 1.82) is 0 Å². The van der Waals surface area contributed by atoms with Crippen molar-refractivity contribution in [2.24, 2.45) is 0 Å². The summed E-state index contributed by atoms with van der Waals surface area (Å²) in [4.78, 5) is 12.7. The van der Waals surface area contributed by atoms with E-state index in [1.165, 1.54) is 22.9 Å². The van der Waals surface area contributed by atoms with Gasteiger partial charge in [-0.2, -0.15) is 9.78 Å². The minimum Gasteiger partial charge on any atom is -0.494 e. The molecule has 4 aromatic rings. The number of nitrogens with zero attached hydrogens (tertiary/aromatic N) is 6. The number of carbonyl (C=O) groups excluding carboxylic acids is 1. The number of anilines is 1. The number of hydrogen-bond acceptors (Lipinski definition) is 6. The Morgan fingerprint density at radius 3 is 2.67 bits per heavy atom. The van der Waals surface area contributed by atoms with Crippen LogP contribution in [0.4, 0.5) is 10.1 Å². The number of aromatic nitrogens is 6. The number of rotatable bonds is 5. The maximum absolute atomic E-state index is 14.2. The highest BCUT2D eigenvalue weighted by Crippen LogP contribution is 2.24. The summed E-state index contributed by atoms with van der Waals surface area (Å²) in [5.41, 5.74) is 2.46. The van der Waals surface area contributed by atoms with Crippen LogP contribution in [0.1, 0.15) is 21.9 Å². The third-order valence-electron chi connectivity index (χ3n) is 4.46. The van der Waals surface area contributed by atoms with Crippen molar-refractivity contribution < 1.29 is 13.9 Å². The molecular formula is C20H18FN7O2. The van der Waals surface area contributed by atoms with E-state index in [-0.39, 0.29) is 11.4 Å². The summed E-state index contributed by atoms with van der Waals surface area (Å²) in [6, 6.07) is 11.4. The number of methoxy groups -OCH3 is 1. The number of carbonyl (C=O) groups is 1. The molecule has 152 valence electrons. The van der Waals surface area contributed by atoms with Crippen LogP contribution in [-0.4, -0.2) is 43.0 Å². The quantitative estimate of drug-likeness (QED) is 0.546. The molecule has 0 aliphatic heterocycles. The molecule has 0 fully saturated rings. The van der Waals surface area contributed by atoms with Gasteiger partial charge in [0.2, 0.25) is 0 Å². The highest BCUT2D eigenvalue weighted by Gasteiger charge is 2.15. The minimum absolute atomic E-state index is 0.130. The molecule has 0 saturated heterocycles. The van der Waals surface area contributed by atoms with Crippen LogP contribution in [0.3, 0.4) is 0 Å². The van der Waals surface area contributed by atoms with Crippen LogP contribution < -0.4 is 10.1 Å². The zero-order valence-electron chi connectivity index (χ0n) is 16.5. The van der Waals surface area contributed by atoms with Crippen molar-refractivity contribution >= 4 is 11.6 Å². The maximum Gasteiger partial charge on any atom is 0.276 e. The first-order valence-corrected chi connectivity index (χ1v) is 9.03. The van der Waals surface area contributed by atoms with E-state index in [4.69, 9.17) is 4.74 Å². The lowest BCUT2D eigenvalue weighted by Gasteiger charge is -2.09. The summed E-state index contributed by atoms with van der Waals surface area (Å²) in [6.45, 7) is 3.61. The normalized spacial score (nSPS) is 10.8. The van der Waals surface area contributed by atoms with Crippen molar-refractivity contribution in [3.8, 4) is 17.1 Å². The van der Waals surface area contributed by atoms with Crippen LogP contribution in [-0.2, 0) is 0 Å². The van der Waals surface area contributed by atoms with Crippen LogP contribution >= 0.6 is 0 Å². The molecule has 0 aliphatic rings. The number of ether oxygens (including phenoxy) is 1. The lowest BCUT2D eigenvalue weighted by molar-refractivity contribution is 0.102. The van der Waals surface area contributed by atoms with Crippen molar-refractivity contribution in [2.75, 3.05) is 12.4 Å². The molecule has 0 aliphatic carbocycles. The first-order chi connectivity index (χ1) is 14.5. The van der Waals surface area contributed by atoms with Gasteiger partial charge in [-0.3, -0.25) is 4.79 Å². The number of aryl methyl sites for hydroxylation is 2. The van der Waals surface area contributed by atoms with Gasteiger partial charge in [0.15, 0.2) is 11.5 Å². The number of tetrazole rings is 1. The van der Waals surface area contributed by atoms with Crippen molar-refractivity contribution in [1.82, 2.24) is 30.0 Å². The molecule has 0 spiro atoms. The van der Waals surface area contributed by atoms with Gasteiger partial charge in [-0.05, 0) is 66.2 Å². The smallest absolute Gasteiger partial charge is 0.276 e. The number of benzene rings is 2. The molecule has 1 N–H and O–H groups in total. The van der Waals surface area contributed by atoms with Crippen LogP contribution in [0.2, 0.25) is 0 Å². The first kappa shape index (κ1) is 19.2. The minimum atomic E-state index is -0.515. The fourth-order valence-corrected chi connectivity index (χ4v) is 2.96. The van der Waals surface area contributed by atoms with Gasteiger partial charge < -0.3 is 10.1 Å². The molecular weight excluding hydrogens is 389 g/mol. The van der Waals surface area contributed by atoms with Crippen LogP contribution in [0.5, 0.6) is 5.75 Å². The highest BCUT2D eigenvalue weighted by atomic mass is 19.1. The Hall–Kier alpha value is -4.08. The van der Waals surface area contributed by atoms with E-state index >= 15 is 0 Å². The van der Waals surface area contributed by atoms with E-state index in [0.29, 0.717) is 17.3 Å². The molecule has 0 unspecified atom stereocenters. The van der Waals surface area contributed by atoms with Crippen molar-refractivity contribution in [3.63, 3.8) is 0 Å². The van der Waals surface area contributed by atoms with Gasteiger partial charge in [0.25, 0.3) is 5.91 Å². The SMILES string of the molecule is COc1ccc(C)cc1-n1ccc(C(=O)Nc2ccc(F)c(-n3nnnc3C)c2)n1. The zero-order valence-corrected chi connectivity index (χ0v) is 16.5. The van der Waals surface area contributed by atoms with Crippen molar-refractivity contribution in [2.45, 2.75) is 13.8 Å². The van der Waals surface area contributed by atoms with Crippen LogP contribution in [0.15, 0.2) is 48.7 Å². The van der Waals surface area contributed by atoms with E-state index in [2.05, 4.69) is 25.9 Å². The maximum atomic E-state index is 14.2. The Kier molecular flexibility index (Phi) is 4.97. The first-order valence-electron chi connectivity index (χ1n) is 9.03. The van der Waals surface area contributed by atoms with E-state index in [9.17, 15) is 9.18 Å². The second-order valence-electron chi connectivity index (χ2n) is 6.58. The van der Waals surface area contributed by atoms with Gasteiger partial charge in [-0.25, -0.2) is 9.07 Å². The van der Waals surface area contributed by atoms with E-state index in [0.717, 1.165) is 11.3 Å². The van der Waals surface area contributed by atoms with Gasteiger partial charge >= 0.3 is 0 Å². The molecule has 0 radical (unpaired) electrons. The Morgan fingerprint density at radius 2 is 1.93 bits per heavy atom. The summed E-state index contributed by atoms with van der Waals surface area (Å²) >= 11 is 0. The zero-order chi connectivity index (χ0) is 21.3. The molecule has 2 aromatic heterocycles. The third-order valence-corrected chi connectivity index (χ3v) is 4.46. The summed E-state index contributed by atoms with van der Waals surface area (Å²) < 4.78 is 22.4. The van der Waals surface area contributed by atoms with Crippen molar-refractivity contribution in [3.05, 3.63) is 71.6 Å². The fourth-order valence-electron chi connectivity index (χ4n) is 2.96. The number of nitrogens with one attached hydrogen (secondary N) is 1. The summed E-state index contributed by atoms with van der Waals surface area (Å²) in [6.07, 6.45) is 1.67. The highest BCUT2D eigenvalue weighted by molar-refractivity contribution is 6.03. The molecule has 9 nitrogen and oxygen atoms in total. The summed E-state index contributed by atoms with van der Waals surface area (Å²) in [7, 11) is 1.57. The molecule has 0 atom stereocenters. The van der Waals surface area contributed by atoms with Gasteiger partial charge in [-0.15, -0.1) is 5.10 Å². The number of hydrogen-bond donors (Lipinski definition) is 1. The van der Waals surface area contributed by atoms with Crippen LogP contribution in [0, 0.1) is 19.7 Å². The van der Waals surface area contributed by atoms with Gasteiger partial charge in [-0.1, -0.05) is 6.07 Å². The second kappa shape index (κ2) is 7.74. The van der Waals surface area contributed by atoms with E-state index in [1.54, 1.807) is 31.0 Å². The summed E-state index contributed by atoms with van der Waals surface area (Å²) in [5.74, 6) is 0.101. The lowest BCUT2D eigenvalue weighted by atomic mass is 10.2.